The predicted octanol–water partition coefficient (Wildman–Crippen LogP) is 5.00. The van der Waals surface area contributed by atoms with Crippen LogP contribution >= 0.6 is 23.2 Å². The smallest absolute Gasteiger partial charge is 0.153 e. The van der Waals surface area contributed by atoms with Crippen molar-refractivity contribution in [1.29, 1.82) is 0 Å². The molecule has 0 atom stereocenters. The molecule has 0 fully saturated rings. The molecule has 0 aliphatic carbocycles. The van der Waals surface area contributed by atoms with Gasteiger partial charge in [0.25, 0.3) is 0 Å². The van der Waals surface area contributed by atoms with E-state index in [0.717, 1.165) is 28.2 Å². The maximum atomic E-state index is 9.41. The summed E-state index contributed by atoms with van der Waals surface area (Å²) in [5.74, 6) is 0.248. The van der Waals surface area contributed by atoms with E-state index in [2.05, 4.69) is 10.1 Å². The minimum atomic E-state index is 0.248. The number of phenolic OH excluding ortho intramolecular Hbond substituents is 1. The second kappa shape index (κ2) is 6.39. The Morgan fingerprint density at radius 3 is 2.56 bits per heavy atom. The van der Waals surface area contributed by atoms with Gasteiger partial charge < -0.3 is 5.11 Å². The number of imidazole rings is 1. The Morgan fingerprint density at radius 2 is 1.76 bits per heavy atom. The summed E-state index contributed by atoms with van der Waals surface area (Å²) in [4.78, 5) is 4.40. The van der Waals surface area contributed by atoms with Gasteiger partial charge in [-0.25, -0.2) is 9.50 Å². The van der Waals surface area contributed by atoms with E-state index in [1.807, 2.05) is 36.4 Å². The van der Waals surface area contributed by atoms with Gasteiger partial charge in [-0.1, -0.05) is 47.5 Å². The third kappa shape index (κ3) is 3.06. The SMILES string of the molecule is Oc1ccc(Cc2cnc3ccc(-c4cccc(Cl)c4Cl)nn23)cc1. The van der Waals surface area contributed by atoms with E-state index in [4.69, 9.17) is 23.2 Å². The van der Waals surface area contributed by atoms with Crippen molar-refractivity contribution in [2.75, 3.05) is 0 Å². The molecule has 1 N–H and O–H groups in total. The first-order chi connectivity index (χ1) is 12.1. The third-order valence-electron chi connectivity index (χ3n) is 3.98. The fraction of sp³-hybridized carbons (Fsp3) is 0.0526. The number of rotatable bonds is 3. The maximum absolute atomic E-state index is 9.41. The monoisotopic (exact) mass is 369 g/mol. The highest BCUT2D eigenvalue weighted by atomic mass is 35.5. The molecule has 0 spiro atoms. The molecule has 0 aliphatic rings. The quantitative estimate of drug-likeness (QED) is 0.552. The highest BCUT2D eigenvalue weighted by Gasteiger charge is 2.11. The van der Waals surface area contributed by atoms with Crippen LogP contribution in [0.1, 0.15) is 11.3 Å². The van der Waals surface area contributed by atoms with Gasteiger partial charge in [0.15, 0.2) is 5.65 Å². The molecule has 4 rings (SSSR count). The van der Waals surface area contributed by atoms with E-state index in [9.17, 15) is 5.11 Å². The number of nitrogens with zero attached hydrogens (tertiary/aromatic N) is 3. The Labute approximate surface area is 154 Å². The van der Waals surface area contributed by atoms with Crippen LogP contribution in [0.3, 0.4) is 0 Å². The van der Waals surface area contributed by atoms with Crippen molar-refractivity contribution in [2.24, 2.45) is 0 Å². The molecule has 6 heteroatoms. The van der Waals surface area contributed by atoms with Crippen LogP contribution in [-0.4, -0.2) is 19.7 Å². The molecule has 0 aliphatic heterocycles. The van der Waals surface area contributed by atoms with Crippen LogP contribution in [0.15, 0.2) is 60.8 Å². The molecule has 2 heterocycles. The van der Waals surface area contributed by atoms with Crippen LogP contribution in [0.4, 0.5) is 0 Å². The topological polar surface area (TPSA) is 50.4 Å². The lowest BCUT2D eigenvalue weighted by Gasteiger charge is -2.07. The van der Waals surface area contributed by atoms with Crippen molar-refractivity contribution in [1.82, 2.24) is 14.6 Å². The van der Waals surface area contributed by atoms with Crippen LogP contribution in [0.5, 0.6) is 5.75 Å². The molecular formula is C19H13Cl2N3O. The minimum Gasteiger partial charge on any atom is -0.508 e. The van der Waals surface area contributed by atoms with Gasteiger partial charge in [-0.3, -0.25) is 0 Å². The molecule has 2 aromatic heterocycles. The van der Waals surface area contributed by atoms with Crippen molar-refractivity contribution in [2.45, 2.75) is 6.42 Å². The molecule has 25 heavy (non-hydrogen) atoms. The van der Waals surface area contributed by atoms with E-state index in [1.165, 1.54) is 0 Å². The molecule has 4 aromatic rings. The molecule has 0 saturated carbocycles. The standard InChI is InChI=1S/C19H13Cl2N3O/c20-16-3-1-2-15(19(16)21)17-8-9-18-22-11-13(24(18)23-17)10-12-4-6-14(25)7-5-12/h1-9,11,25H,10H2. The maximum Gasteiger partial charge on any atom is 0.153 e. The van der Waals surface area contributed by atoms with Gasteiger partial charge in [0.05, 0.1) is 27.6 Å². The zero-order valence-electron chi connectivity index (χ0n) is 13.0. The van der Waals surface area contributed by atoms with Crippen molar-refractivity contribution in [3.05, 3.63) is 82.1 Å². The summed E-state index contributed by atoms with van der Waals surface area (Å²) in [6.07, 6.45) is 2.46. The summed E-state index contributed by atoms with van der Waals surface area (Å²) >= 11 is 12.4. The van der Waals surface area contributed by atoms with Gasteiger partial charge in [-0.15, -0.1) is 0 Å². The van der Waals surface area contributed by atoms with E-state index in [-0.39, 0.29) is 5.75 Å². The number of hydrogen-bond acceptors (Lipinski definition) is 3. The number of halogens is 2. The largest absolute Gasteiger partial charge is 0.508 e. The van der Waals surface area contributed by atoms with Gasteiger partial charge in [0.1, 0.15) is 5.75 Å². The summed E-state index contributed by atoms with van der Waals surface area (Å²) in [5.41, 5.74) is 4.27. The van der Waals surface area contributed by atoms with E-state index >= 15 is 0 Å². The average molecular weight is 370 g/mol. The van der Waals surface area contributed by atoms with Crippen molar-refractivity contribution >= 4 is 28.8 Å². The summed E-state index contributed by atoms with van der Waals surface area (Å²) in [5, 5.41) is 15.1. The first-order valence-electron chi connectivity index (χ1n) is 7.68. The summed E-state index contributed by atoms with van der Waals surface area (Å²) < 4.78 is 1.80. The van der Waals surface area contributed by atoms with Gasteiger partial charge in [0.2, 0.25) is 0 Å². The van der Waals surface area contributed by atoms with Crippen molar-refractivity contribution in [3.8, 4) is 17.0 Å². The van der Waals surface area contributed by atoms with Crippen LogP contribution < -0.4 is 0 Å². The number of aromatic hydroxyl groups is 1. The second-order valence-corrected chi connectivity index (χ2v) is 6.47. The fourth-order valence-electron chi connectivity index (χ4n) is 2.71. The average Bonchev–Trinajstić information content (AvgIpc) is 3.01. The Kier molecular flexibility index (Phi) is 4.07. The third-order valence-corrected chi connectivity index (χ3v) is 4.80. The number of aromatic nitrogens is 3. The van der Waals surface area contributed by atoms with E-state index < -0.39 is 0 Å². The molecule has 2 aromatic carbocycles. The number of fused-ring (bicyclic) bond motifs is 1. The van der Waals surface area contributed by atoms with Crippen LogP contribution in [-0.2, 0) is 6.42 Å². The molecule has 124 valence electrons. The minimum absolute atomic E-state index is 0.248. The van der Waals surface area contributed by atoms with Crippen molar-refractivity contribution < 1.29 is 5.11 Å². The van der Waals surface area contributed by atoms with Crippen LogP contribution in [0, 0.1) is 0 Å². The zero-order valence-corrected chi connectivity index (χ0v) is 14.5. The Morgan fingerprint density at radius 1 is 0.960 bits per heavy atom. The van der Waals surface area contributed by atoms with Gasteiger partial charge in [-0.05, 0) is 35.9 Å². The van der Waals surface area contributed by atoms with Gasteiger partial charge >= 0.3 is 0 Å². The molecular weight excluding hydrogens is 357 g/mol. The fourth-order valence-corrected chi connectivity index (χ4v) is 3.11. The Balaban J connectivity index is 1.77. The summed E-state index contributed by atoms with van der Waals surface area (Å²) in [7, 11) is 0. The van der Waals surface area contributed by atoms with Gasteiger partial charge in [-0.2, -0.15) is 5.10 Å². The first-order valence-corrected chi connectivity index (χ1v) is 8.43. The predicted molar refractivity (Wildman–Crippen MR) is 99.4 cm³/mol. The molecule has 4 nitrogen and oxygen atoms in total. The molecule has 0 amide bonds. The molecule has 0 unspecified atom stereocenters. The van der Waals surface area contributed by atoms with E-state index in [0.29, 0.717) is 16.5 Å². The number of phenols is 1. The van der Waals surface area contributed by atoms with Crippen molar-refractivity contribution in [3.63, 3.8) is 0 Å². The molecule has 0 saturated heterocycles. The zero-order chi connectivity index (χ0) is 17.4. The number of hydrogen-bond donors (Lipinski definition) is 1. The summed E-state index contributed by atoms with van der Waals surface area (Å²) in [6.45, 7) is 0. The first kappa shape index (κ1) is 15.9. The highest BCUT2D eigenvalue weighted by molar-refractivity contribution is 6.43. The lowest BCUT2D eigenvalue weighted by Crippen LogP contribution is -2.00. The lowest BCUT2D eigenvalue weighted by atomic mass is 10.1. The van der Waals surface area contributed by atoms with Crippen LogP contribution in [0.25, 0.3) is 16.9 Å². The van der Waals surface area contributed by atoms with Crippen LogP contribution in [0.2, 0.25) is 10.0 Å². The highest BCUT2D eigenvalue weighted by Crippen LogP contribution is 2.32. The normalized spacial score (nSPS) is 11.1. The Hall–Kier alpha value is -2.56. The Bertz CT molecular complexity index is 1060. The second-order valence-electron chi connectivity index (χ2n) is 5.68. The van der Waals surface area contributed by atoms with Gasteiger partial charge in [0, 0.05) is 12.0 Å². The molecule has 0 bridgehead atoms. The number of benzene rings is 2. The lowest BCUT2D eigenvalue weighted by molar-refractivity contribution is 0.475. The molecule has 0 radical (unpaired) electrons. The summed E-state index contributed by atoms with van der Waals surface area (Å²) in [6, 6.07) is 16.4. The van der Waals surface area contributed by atoms with E-state index in [1.54, 1.807) is 28.9 Å².